The highest BCUT2D eigenvalue weighted by Gasteiger charge is 2.17. The van der Waals surface area contributed by atoms with Crippen LogP contribution in [0.1, 0.15) is 23.5 Å². The summed E-state index contributed by atoms with van der Waals surface area (Å²) >= 11 is 11.3. The largest absolute Gasteiger partial charge is 0.281 e. The van der Waals surface area contributed by atoms with Gasteiger partial charge in [0, 0.05) is 17.4 Å². The Hall–Kier alpha value is -1.38. The molecule has 0 saturated heterocycles. The molecular weight excluding hydrogens is 286 g/mol. The van der Waals surface area contributed by atoms with E-state index in [0.29, 0.717) is 5.02 Å². The number of carbonyl (C=O) groups excluding carboxylic acids is 1. The van der Waals surface area contributed by atoms with Crippen molar-refractivity contribution in [2.45, 2.75) is 12.3 Å². The van der Waals surface area contributed by atoms with Crippen LogP contribution in [0.3, 0.4) is 0 Å². The fourth-order valence-corrected chi connectivity index (χ4v) is 2.29. The van der Waals surface area contributed by atoms with Crippen molar-refractivity contribution in [3.05, 3.63) is 70.5 Å². The maximum atomic E-state index is 13.3. The van der Waals surface area contributed by atoms with E-state index in [9.17, 15) is 9.18 Å². The molecule has 0 spiro atoms. The van der Waals surface area contributed by atoms with E-state index in [0.717, 1.165) is 11.1 Å². The SMILES string of the molecule is O=C(Cl)CC(c1ccc(Cl)cc1)c1cccc(F)c1. The summed E-state index contributed by atoms with van der Waals surface area (Å²) in [7, 11) is 0. The van der Waals surface area contributed by atoms with Gasteiger partial charge < -0.3 is 0 Å². The van der Waals surface area contributed by atoms with Crippen molar-refractivity contribution in [3.63, 3.8) is 0 Å². The Morgan fingerprint density at radius 2 is 1.79 bits per heavy atom. The summed E-state index contributed by atoms with van der Waals surface area (Å²) in [6.45, 7) is 0. The number of hydrogen-bond donors (Lipinski definition) is 0. The molecule has 1 atom stereocenters. The van der Waals surface area contributed by atoms with Crippen LogP contribution >= 0.6 is 23.2 Å². The van der Waals surface area contributed by atoms with Gasteiger partial charge in [-0.15, -0.1) is 0 Å². The molecular formula is C15H11Cl2FO. The van der Waals surface area contributed by atoms with Crippen molar-refractivity contribution in [1.82, 2.24) is 0 Å². The summed E-state index contributed by atoms with van der Waals surface area (Å²) in [5.41, 5.74) is 1.60. The molecule has 0 N–H and O–H groups in total. The third-order valence-electron chi connectivity index (χ3n) is 2.89. The average Bonchev–Trinajstić information content (AvgIpc) is 2.37. The lowest BCUT2D eigenvalue weighted by atomic mass is 9.89. The molecule has 0 heterocycles. The maximum absolute atomic E-state index is 13.3. The van der Waals surface area contributed by atoms with Gasteiger partial charge in [-0.3, -0.25) is 4.79 Å². The van der Waals surface area contributed by atoms with E-state index < -0.39 is 5.24 Å². The van der Waals surface area contributed by atoms with E-state index in [-0.39, 0.29) is 18.2 Å². The van der Waals surface area contributed by atoms with Gasteiger partial charge in [-0.25, -0.2) is 4.39 Å². The van der Waals surface area contributed by atoms with Gasteiger partial charge in [0.05, 0.1) is 0 Å². The summed E-state index contributed by atoms with van der Waals surface area (Å²) in [4.78, 5) is 11.2. The van der Waals surface area contributed by atoms with Crippen LogP contribution in [0.5, 0.6) is 0 Å². The van der Waals surface area contributed by atoms with Crippen LogP contribution in [0, 0.1) is 5.82 Å². The lowest BCUT2D eigenvalue weighted by Crippen LogP contribution is -2.05. The Kier molecular flexibility index (Phi) is 4.56. The number of rotatable bonds is 4. The highest BCUT2D eigenvalue weighted by Crippen LogP contribution is 2.30. The minimum absolute atomic E-state index is 0.118. The number of carbonyl (C=O) groups is 1. The minimum atomic E-state index is -0.454. The van der Waals surface area contributed by atoms with Gasteiger partial charge in [0.25, 0.3) is 0 Å². The van der Waals surface area contributed by atoms with Gasteiger partial charge in [0.1, 0.15) is 5.82 Å². The van der Waals surface area contributed by atoms with Crippen LogP contribution in [0.15, 0.2) is 48.5 Å². The zero-order valence-corrected chi connectivity index (χ0v) is 11.5. The lowest BCUT2D eigenvalue weighted by Gasteiger charge is -2.16. The van der Waals surface area contributed by atoms with Crippen LogP contribution in [-0.4, -0.2) is 5.24 Å². The normalized spacial score (nSPS) is 12.2. The quantitative estimate of drug-likeness (QED) is 0.743. The van der Waals surface area contributed by atoms with E-state index in [4.69, 9.17) is 23.2 Å². The van der Waals surface area contributed by atoms with Gasteiger partial charge in [-0.2, -0.15) is 0 Å². The molecule has 0 bridgehead atoms. The van der Waals surface area contributed by atoms with E-state index in [1.54, 1.807) is 24.3 Å². The minimum Gasteiger partial charge on any atom is -0.281 e. The van der Waals surface area contributed by atoms with Crippen molar-refractivity contribution >= 4 is 28.4 Å². The molecule has 0 amide bonds. The third kappa shape index (κ3) is 3.79. The molecule has 0 fully saturated rings. The summed E-state index contributed by atoms with van der Waals surface area (Å²) in [6.07, 6.45) is 0.118. The molecule has 98 valence electrons. The second kappa shape index (κ2) is 6.18. The molecule has 4 heteroatoms. The van der Waals surface area contributed by atoms with E-state index in [1.807, 2.05) is 12.1 Å². The van der Waals surface area contributed by atoms with Crippen LogP contribution in [0.2, 0.25) is 5.02 Å². The Bertz CT molecular complexity index is 581. The first kappa shape index (κ1) is 14.0. The molecule has 0 radical (unpaired) electrons. The lowest BCUT2D eigenvalue weighted by molar-refractivity contribution is -0.111. The fourth-order valence-electron chi connectivity index (χ4n) is 2.01. The van der Waals surface area contributed by atoms with E-state index in [1.165, 1.54) is 12.1 Å². The van der Waals surface area contributed by atoms with E-state index in [2.05, 4.69) is 0 Å². The Balaban J connectivity index is 2.40. The molecule has 2 aromatic rings. The van der Waals surface area contributed by atoms with Gasteiger partial charge in [0.2, 0.25) is 5.24 Å². The van der Waals surface area contributed by atoms with Gasteiger partial charge in [-0.05, 0) is 47.0 Å². The van der Waals surface area contributed by atoms with Crippen molar-refractivity contribution in [2.75, 3.05) is 0 Å². The first-order chi connectivity index (χ1) is 9.06. The standard InChI is InChI=1S/C15H11Cl2FO/c16-12-6-4-10(5-7-12)14(9-15(17)19)11-2-1-3-13(18)8-11/h1-8,14H,9H2. The average molecular weight is 297 g/mol. The molecule has 0 aliphatic heterocycles. The molecule has 1 nitrogen and oxygen atoms in total. The van der Waals surface area contributed by atoms with Gasteiger partial charge >= 0.3 is 0 Å². The van der Waals surface area contributed by atoms with Gasteiger partial charge in [0.15, 0.2) is 0 Å². The van der Waals surface area contributed by atoms with Crippen LogP contribution < -0.4 is 0 Å². The maximum Gasteiger partial charge on any atom is 0.222 e. The predicted octanol–water partition coefficient (Wildman–Crippen LogP) is 4.77. The predicted molar refractivity (Wildman–Crippen MR) is 75.2 cm³/mol. The van der Waals surface area contributed by atoms with Gasteiger partial charge in [-0.1, -0.05) is 35.9 Å². The summed E-state index contributed by atoms with van der Waals surface area (Å²) in [5, 5.41) is 0.156. The number of benzene rings is 2. The molecule has 0 saturated carbocycles. The van der Waals surface area contributed by atoms with Crippen molar-refractivity contribution in [2.24, 2.45) is 0 Å². The molecule has 0 aliphatic carbocycles. The Morgan fingerprint density at radius 1 is 1.11 bits per heavy atom. The highest BCUT2D eigenvalue weighted by atomic mass is 35.5. The molecule has 0 aliphatic rings. The zero-order valence-electron chi connectivity index (χ0n) is 9.95. The summed E-state index contributed by atoms with van der Waals surface area (Å²) in [6, 6.07) is 13.3. The van der Waals surface area contributed by atoms with Crippen molar-refractivity contribution in [1.29, 1.82) is 0 Å². The van der Waals surface area contributed by atoms with Crippen molar-refractivity contribution < 1.29 is 9.18 Å². The molecule has 2 aromatic carbocycles. The van der Waals surface area contributed by atoms with Crippen LogP contribution in [0.25, 0.3) is 0 Å². The number of hydrogen-bond acceptors (Lipinski definition) is 1. The van der Waals surface area contributed by atoms with E-state index >= 15 is 0 Å². The first-order valence-corrected chi connectivity index (χ1v) is 6.51. The highest BCUT2D eigenvalue weighted by molar-refractivity contribution is 6.63. The fraction of sp³-hybridized carbons (Fsp3) is 0.133. The smallest absolute Gasteiger partial charge is 0.222 e. The zero-order chi connectivity index (χ0) is 13.8. The Morgan fingerprint density at radius 3 is 2.37 bits per heavy atom. The topological polar surface area (TPSA) is 17.1 Å². The van der Waals surface area contributed by atoms with Crippen LogP contribution in [0.4, 0.5) is 4.39 Å². The Labute approximate surface area is 121 Å². The number of halogens is 3. The second-order valence-corrected chi connectivity index (χ2v) is 5.08. The summed E-state index contributed by atoms with van der Waals surface area (Å²) < 4.78 is 13.3. The molecule has 2 rings (SSSR count). The molecule has 1 unspecified atom stereocenters. The first-order valence-electron chi connectivity index (χ1n) is 5.75. The van der Waals surface area contributed by atoms with Crippen LogP contribution in [-0.2, 0) is 4.79 Å². The summed E-state index contributed by atoms with van der Waals surface area (Å²) in [5.74, 6) is -0.601. The molecule has 0 aromatic heterocycles. The van der Waals surface area contributed by atoms with Crippen molar-refractivity contribution in [3.8, 4) is 0 Å². The monoisotopic (exact) mass is 296 g/mol. The third-order valence-corrected chi connectivity index (χ3v) is 3.29. The second-order valence-electron chi connectivity index (χ2n) is 4.22. The molecule has 19 heavy (non-hydrogen) atoms.